The normalized spacial score (nSPS) is 23.7. The van der Waals surface area contributed by atoms with E-state index in [2.05, 4.69) is 43.2 Å². The van der Waals surface area contributed by atoms with E-state index in [1.54, 1.807) is 0 Å². The highest BCUT2D eigenvalue weighted by Gasteiger charge is 2.27. The van der Waals surface area contributed by atoms with E-state index in [4.69, 9.17) is 16.3 Å². The molecule has 0 spiro atoms. The summed E-state index contributed by atoms with van der Waals surface area (Å²) in [4.78, 5) is 2.44. The monoisotopic (exact) mass is 310 g/mol. The number of rotatable bonds is 7. The lowest BCUT2D eigenvalue weighted by atomic mass is 10.0. The van der Waals surface area contributed by atoms with Crippen molar-refractivity contribution >= 4 is 11.6 Å². The van der Waals surface area contributed by atoms with Crippen LogP contribution in [-0.4, -0.2) is 43.8 Å². The molecule has 2 rings (SSSR count). The molecule has 0 saturated carbocycles. The van der Waals surface area contributed by atoms with Gasteiger partial charge in [0.25, 0.3) is 0 Å². The largest absolute Gasteiger partial charge is 0.377 e. The SMILES string of the molecule is CCNC(CCN(C)C1CCOC1C)c1ccc(Cl)cc1. The molecule has 3 atom stereocenters. The van der Waals surface area contributed by atoms with Crippen molar-refractivity contribution in [3.05, 3.63) is 34.9 Å². The number of halogens is 1. The van der Waals surface area contributed by atoms with Crippen molar-refractivity contribution in [3.63, 3.8) is 0 Å². The van der Waals surface area contributed by atoms with E-state index in [1.807, 2.05) is 12.1 Å². The summed E-state index contributed by atoms with van der Waals surface area (Å²) in [5, 5.41) is 4.37. The second-order valence-electron chi connectivity index (χ2n) is 5.86. The van der Waals surface area contributed by atoms with Gasteiger partial charge in [-0.3, -0.25) is 0 Å². The first-order valence-electron chi connectivity index (χ1n) is 7.92. The lowest BCUT2D eigenvalue weighted by Crippen LogP contribution is -2.38. The molecule has 1 fully saturated rings. The van der Waals surface area contributed by atoms with E-state index in [0.717, 1.165) is 37.6 Å². The number of nitrogens with one attached hydrogen (secondary N) is 1. The van der Waals surface area contributed by atoms with Gasteiger partial charge in [0.2, 0.25) is 0 Å². The van der Waals surface area contributed by atoms with Crippen molar-refractivity contribution in [1.82, 2.24) is 10.2 Å². The number of hydrogen-bond donors (Lipinski definition) is 1. The molecule has 0 aliphatic carbocycles. The van der Waals surface area contributed by atoms with Crippen LogP contribution >= 0.6 is 11.6 Å². The van der Waals surface area contributed by atoms with E-state index in [9.17, 15) is 0 Å². The van der Waals surface area contributed by atoms with Crippen LogP contribution in [0.3, 0.4) is 0 Å². The summed E-state index contributed by atoms with van der Waals surface area (Å²) in [6, 6.07) is 9.12. The first kappa shape index (κ1) is 16.8. The summed E-state index contributed by atoms with van der Waals surface area (Å²) < 4.78 is 5.67. The maximum Gasteiger partial charge on any atom is 0.0702 e. The molecule has 1 heterocycles. The Labute approximate surface area is 133 Å². The van der Waals surface area contributed by atoms with Crippen LogP contribution in [0.5, 0.6) is 0 Å². The molecule has 1 aliphatic rings. The van der Waals surface area contributed by atoms with Crippen LogP contribution in [-0.2, 0) is 4.74 Å². The summed E-state index contributed by atoms with van der Waals surface area (Å²) in [6.45, 7) is 7.26. The average molecular weight is 311 g/mol. The number of nitrogens with zero attached hydrogens (tertiary/aromatic N) is 1. The van der Waals surface area contributed by atoms with Crippen molar-refractivity contribution in [1.29, 1.82) is 0 Å². The molecular formula is C17H27ClN2O. The van der Waals surface area contributed by atoms with E-state index >= 15 is 0 Å². The third kappa shape index (κ3) is 4.68. The van der Waals surface area contributed by atoms with Gasteiger partial charge in [0.1, 0.15) is 0 Å². The quantitative estimate of drug-likeness (QED) is 0.834. The van der Waals surface area contributed by atoms with Gasteiger partial charge in [-0.1, -0.05) is 30.7 Å². The predicted molar refractivity (Wildman–Crippen MR) is 88.9 cm³/mol. The van der Waals surface area contributed by atoms with Gasteiger partial charge in [-0.2, -0.15) is 0 Å². The zero-order valence-electron chi connectivity index (χ0n) is 13.3. The lowest BCUT2D eigenvalue weighted by Gasteiger charge is -2.28. The first-order valence-corrected chi connectivity index (χ1v) is 8.30. The Hall–Kier alpha value is -0.610. The minimum atomic E-state index is 0.350. The van der Waals surface area contributed by atoms with Gasteiger partial charge in [-0.25, -0.2) is 0 Å². The molecule has 1 aromatic carbocycles. The van der Waals surface area contributed by atoms with Crippen LogP contribution in [0, 0.1) is 0 Å². The van der Waals surface area contributed by atoms with E-state index in [1.165, 1.54) is 5.56 Å². The summed E-state index contributed by atoms with van der Waals surface area (Å²) in [5.74, 6) is 0. The van der Waals surface area contributed by atoms with Crippen LogP contribution in [0.25, 0.3) is 0 Å². The Morgan fingerprint density at radius 3 is 2.67 bits per heavy atom. The van der Waals surface area contributed by atoms with Gasteiger partial charge in [-0.05, 0) is 51.1 Å². The van der Waals surface area contributed by atoms with Gasteiger partial charge < -0.3 is 15.0 Å². The Balaban J connectivity index is 1.92. The Morgan fingerprint density at radius 2 is 2.10 bits per heavy atom. The number of hydrogen-bond acceptors (Lipinski definition) is 3. The zero-order chi connectivity index (χ0) is 15.2. The summed E-state index contributed by atoms with van der Waals surface area (Å²) in [7, 11) is 2.21. The third-order valence-corrected chi connectivity index (χ3v) is 4.65. The Morgan fingerprint density at radius 1 is 1.38 bits per heavy atom. The lowest BCUT2D eigenvalue weighted by molar-refractivity contribution is 0.0823. The minimum Gasteiger partial charge on any atom is -0.377 e. The third-order valence-electron chi connectivity index (χ3n) is 4.40. The smallest absolute Gasteiger partial charge is 0.0702 e. The van der Waals surface area contributed by atoms with Crippen LogP contribution in [0.4, 0.5) is 0 Å². The fraction of sp³-hybridized carbons (Fsp3) is 0.647. The molecule has 3 unspecified atom stereocenters. The fourth-order valence-electron chi connectivity index (χ4n) is 3.13. The van der Waals surface area contributed by atoms with Crippen LogP contribution in [0.15, 0.2) is 24.3 Å². The van der Waals surface area contributed by atoms with Gasteiger partial charge in [0.05, 0.1) is 6.10 Å². The van der Waals surface area contributed by atoms with Crippen LogP contribution in [0.1, 0.15) is 38.3 Å². The number of ether oxygens (including phenoxy) is 1. The Bertz CT molecular complexity index is 423. The maximum absolute atomic E-state index is 5.98. The van der Waals surface area contributed by atoms with E-state index in [0.29, 0.717) is 18.2 Å². The van der Waals surface area contributed by atoms with Gasteiger partial charge in [0.15, 0.2) is 0 Å². The second kappa shape index (κ2) is 8.14. The molecular weight excluding hydrogens is 284 g/mol. The van der Waals surface area contributed by atoms with Gasteiger partial charge >= 0.3 is 0 Å². The second-order valence-corrected chi connectivity index (χ2v) is 6.30. The van der Waals surface area contributed by atoms with E-state index in [-0.39, 0.29) is 0 Å². The molecule has 1 saturated heterocycles. The summed E-state index contributed by atoms with van der Waals surface area (Å²) in [6.07, 6.45) is 2.59. The molecule has 4 heteroatoms. The molecule has 3 nitrogen and oxygen atoms in total. The highest BCUT2D eigenvalue weighted by Crippen LogP contribution is 2.22. The molecule has 0 amide bonds. The fourth-order valence-corrected chi connectivity index (χ4v) is 3.25. The Kier molecular flexibility index (Phi) is 6.49. The first-order chi connectivity index (χ1) is 10.1. The van der Waals surface area contributed by atoms with E-state index < -0.39 is 0 Å². The van der Waals surface area contributed by atoms with Crippen molar-refractivity contribution in [3.8, 4) is 0 Å². The van der Waals surface area contributed by atoms with Crippen LogP contribution < -0.4 is 5.32 Å². The van der Waals surface area contributed by atoms with Crippen molar-refractivity contribution in [2.24, 2.45) is 0 Å². The molecule has 0 bridgehead atoms. The molecule has 1 N–H and O–H groups in total. The zero-order valence-corrected chi connectivity index (χ0v) is 14.1. The molecule has 0 radical (unpaired) electrons. The standard InChI is InChI=1S/C17H27ClN2O/c1-4-19-16(14-5-7-15(18)8-6-14)9-11-20(3)17-10-12-21-13(17)2/h5-8,13,16-17,19H,4,9-12H2,1-3H3. The molecule has 1 aliphatic heterocycles. The predicted octanol–water partition coefficient (Wildman–Crippen LogP) is 3.49. The topological polar surface area (TPSA) is 24.5 Å². The highest BCUT2D eigenvalue weighted by atomic mass is 35.5. The highest BCUT2D eigenvalue weighted by molar-refractivity contribution is 6.30. The van der Waals surface area contributed by atoms with Crippen molar-refractivity contribution < 1.29 is 4.74 Å². The molecule has 0 aromatic heterocycles. The summed E-state index contributed by atoms with van der Waals surface area (Å²) in [5.41, 5.74) is 1.31. The van der Waals surface area contributed by atoms with Crippen molar-refractivity contribution in [2.75, 3.05) is 26.7 Å². The number of likely N-dealkylation sites (N-methyl/N-ethyl adjacent to an activating group) is 1. The van der Waals surface area contributed by atoms with Crippen molar-refractivity contribution in [2.45, 2.75) is 44.9 Å². The van der Waals surface area contributed by atoms with Crippen LogP contribution in [0.2, 0.25) is 5.02 Å². The molecule has 118 valence electrons. The van der Waals surface area contributed by atoms with Gasteiger partial charge in [-0.15, -0.1) is 0 Å². The minimum absolute atomic E-state index is 0.350. The van der Waals surface area contributed by atoms with Gasteiger partial charge in [0, 0.05) is 30.3 Å². The average Bonchev–Trinajstić information content (AvgIpc) is 2.90. The molecule has 1 aromatic rings. The number of benzene rings is 1. The maximum atomic E-state index is 5.98. The molecule has 21 heavy (non-hydrogen) atoms. The summed E-state index contributed by atoms with van der Waals surface area (Å²) >= 11 is 5.98.